The Morgan fingerprint density at radius 3 is 2.70 bits per heavy atom. The molecule has 1 amide bonds. The van der Waals surface area contributed by atoms with Crippen LogP contribution in [0, 0.1) is 0 Å². The highest BCUT2D eigenvalue weighted by atomic mass is 19.4. The van der Waals surface area contributed by atoms with E-state index in [1.807, 2.05) is 6.07 Å². The molecule has 0 aliphatic rings. The molecule has 5 N–H and O–H groups in total. The number of nitrogens with one attached hydrogen (secondary N) is 3. The number of anilines is 3. The van der Waals surface area contributed by atoms with Crippen molar-refractivity contribution < 1.29 is 18.0 Å². The van der Waals surface area contributed by atoms with Crippen molar-refractivity contribution in [2.24, 2.45) is 0 Å². The van der Waals surface area contributed by atoms with Crippen LogP contribution in [0.1, 0.15) is 31.0 Å². The van der Waals surface area contributed by atoms with E-state index in [-0.39, 0.29) is 11.6 Å². The highest BCUT2D eigenvalue weighted by molar-refractivity contribution is 5.74. The van der Waals surface area contributed by atoms with E-state index in [0.717, 1.165) is 17.8 Å². The summed E-state index contributed by atoms with van der Waals surface area (Å²) in [6.45, 7) is 4.15. The van der Waals surface area contributed by atoms with Crippen molar-refractivity contribution in [1.82, 2.24) is 19.9 Å². The molecule has 1 aromatic carbocycles. The van der Waals surface area contributed by atoms with Crippen molar-refractivity contribution in [2.75, 3.05) is 29.5 Å². The molecule has 2 aromatic heterocycles. The first-order chi connectivity index (χ1) is 14.1. The Bertz CT molecular complexity index is 1050. The molecule has 3 rings (SSSR count). The van der Waals surface area contributed by atoms with Crippen LogP contribution >= 0.6 is 0 Å². The second-order valence-electron chi connectivity index (χ2n) is 6.83. The minimum atomic E-state index is -4.48. The Morgan fingerprint density at radius 1 is 1.23 bits per heavy atom. The van der Waals surface area contributed by atoms with Crippen LogP contribution in [0.25, 0.3) is 5.52 Å². The molecule has 3 aromatic rings. The minimum absolute atomic E-state index is 0.0367. The average Bonchev–Trinajstić information content (AvgIpc) is 3.08. The third kappa shape index (κ3) is 5.10. The number of aromatic nitrogens is 3. The molecule has 160 valence electrons. The Balaban J connectivity index is 1.78. The van der Waals surface area contributed by atoms with Gasteiger partial charge in [-0.1, -0.05) is 0 Å². The van der Waals surface area contributed by atoms with E-state index in [2.05, 4.69) is 26.0 Å². The van der Waals surface area contributed by atoms with Gasteiger partial charge in [-0.3, -0.25) is 4.79 Å². The van der Waals surface area contributed by atoms with Gasteiger partial charge in [-0.05, 0) is 36.8 Å². The third-order valence-electron chi connectivity index (χ3n) is 4.39. The van der Waals surface area contributed by atoms with Crippen LogP contribution in [0.5, 0.6) is 0 Å². The number of nitrogens with two attached hydrogens (primary N) is 1. The summed E-state index contributed by atoms with van der Waals surface area (Å²) in [6, 6.07) is 4.80. The summed E-state index contributed by atoms with van der Waals surface area (Å²) in [7, 11) is 0. The number of hydrogen-bond donors (Lipinski definition) is 4. The summed E-state index contributed by atoms with van der Waals surface area (Å²) in [5, 5.41) is 13.1. The molecule has 0 fully saturated rings. The van der Waals surface area contributed by atoms with Crippen LogP contribution < -0.4 is 21.7 Å². The van der Waals surface area contributed by atoms with Crippen LogP contribution in [0.2, 0.25) is 0 Å². The number of rotatable bonds is 7. The molecule has 0 aliphatic heterocycles. The lowest BCUT2D eigenvalue weighted by Gasteiger charge is -2.18. The molecular formula is C19H22F3N7O. The highest BCUT2D eigenvalue weighted by Crippen LogP contribution is 2.33. The number of hydrogen-bond acceptors (Lipinski definition) is 6. The van der Waals surface area contributed by atoms with Gasteiger partial charge in [0.1, 0.15) is 11.8 Å². The predicted molar refractivity (Wildman–Crippen MR) is 108 cm³/mol. The number of halogens is 3. The van der Waals surface area contributed by atoms with Crippen molar-refractivity contribution in [1.29, 1.82) is 0 Å². The van der Waals surface area contributed by atoms with Crippen molar-refractivity contribution in [3.8, 4) is 0 Å². The first-order valence-corrected chi connectivity index (χ1v) is 9.19. The Kier molecular flexibility index (Phi) is 5.99. The average molecular weight is 421 g/mol. The van der Waals surface area contributed by atoms with Crippen LogP contribution in [-0.2, 0) is 11.0 Å². The van der Waals surface area contributed by atoms with Crippen molar-refractivity contribution in [2.45, 2.75) is 26.1 Å². The SMILES string of the molecule is CC(=O)NCCNc1cc2c(N[C@H](C)c3cc(N)cc(C(F)(F)F)c3)ncnn2c1. The maximum atomic E-state index is 13.1. The molecule has 30 heavy (non-hydrogen) atoms. The van der Waals surface area contributed by atoms with Gasteiger partial charge in [0.15, 0.2) is 5.82 Å². The van der Waals surface area contributed by atoms with Gasteiger partial charge in [-0.15, -0.1) is 0 Å². The molecule has 8 nitrogen and oxygen atoms in total. The van der Waals surface area contributed by atoms with E-state index in [9.17, 15) is 18.0 Å². The van der Waals surface area contributed by atoms with E-state index < -0.39 is 17.8 Å². The largest absolute Gasteiger partial charge is 0.416 e. The van der Waals surface area contributed by atoms with Gasteiger partial charge >= 0.3 is 6.18 Å². The first-order valence-electron chi connectivity index (χ1n) is 9.19. The van der Waals surface area contributed by atoms with Gasteiger partial charge in [-0.2, -0.15) is 18.3 Å². The summed E-state index contributed by atoms with van der Waals surface area (Å²) >= 11 is 0. The van der Waals surface area contributed by atoms with Gasteiger partial charge < -0.3 is 21.7 Å². The quantitative estimate of drug-likeness (QED) is 0.345. The smallest absolute Gasteiger partial charge is 0.399 e. The zero-order valence-electron chi connectivity index (χ0n) is 16.4. The maximum Gasteiger partial charge on any atom is 0.416 e. The molecule has 0 saturated heterocycles. The number of nitrogens with zero attached hydrogens (tertiary/aromatic N) is 3. The summed E-state index contributed by atoms with van der Waals surface area (Å²) in [5.74, 6) is 0.351. The molecule has 0 radical (unpaired) electrons. The van der Waals surface area contributed by atoms with Crippen LogP contribution in [0.15, 0.2) is 36.8 Å². The Hall–Kier alpha value is -3.50. The van der Waals surface area contributed by atoms with Crippen LogP contribution in [0.3, 0.4) is 0 Å². The zero-order valence-corrected chi connectivity index (χ0v) is 16.4. The number of carbonyl (C=O) groups excluding carboxylic acids is 1. The molecule has 0 bridgehead atoms. The second-order valence-corrected chi connectivity index (χ2v) is 6.83. The van der Waals surface area contributed by atoms with Crippen molar-refractivity contribution >= 4 is 28.6 Å². The molecule has 11 heteroatoms. The lowest BCUT2D eigenvalue weighted by atomic mass is 10.0. The fraction of sp³-hybridized carbons (Fsp3) is 0.316. The number of benzene rings is 1. The highest BCUT2D eigenvalue weighted by Gasteiger charge is 2.31. The molecule has 0 aliphatic carbocycles. The fourth-order valence-electron chi connectivity index (χ4n) is 2.96. The lowest BCUT2D eigenvalue weighted by molar-refractivity contribution is -0.137. The van der Waals surface area contributed by atoms with Gasteiger partial charge in [0.2, 0.25) is 5.91 Å². The normalized spacial score (nSPS) is 12.6. The molecule has 0 unspecified atom stereocenters. The topological polar surface area (TPSA) is 109 Å². The fourth-order valence-corrected chi connectivity index (χ4v) is 2.96. The second kappa shape index (κ2) is 8.47. The van der Waals surface area contributed by atoms with E-state index in [4.69, 9.17) is 5.73 Å². The van der Waals surface area contributed by atoms with E-state index >= 15 is 0 Å². The van der Waals surface area contributed by atoms with Crippen LogP contribution in [-0.4, -0.2) is 33.6 Å². The maximum absolute atomic E-state index is 13.1. The summed E-state index contributed by atoms with van der Waals surface area (Å²) in [5.41, 5.74) is 6.70. The number of amides is 1. The lowest BCUT2D eigenvalue weighted by Crippen LogP contribution is -2.26. The standard InChI is InChI=1S/C19H22F3N7O/c1-11(13-5-14(19(20,21)22)7-15(23)6-13)28-18-17-8-16(9-29(17)27-10-26-18)25-4-3-24-12(2)30/h5-11,25H,3-4,23H2,1-2H3,(H,24,30)(H,26,27,28)/t11-/m1/s1. The van der Waals surface area contributed by atoms with Crippen LogP contribution in [0.4, 0.5) is 30.4 Å². The van der Waals surface area contributed by atoms with E-state index in [1.54, 1.807) is 17.6 Å². The zero-order chi connectivity index (χ0) is 21.9. The number of alkyl halides is 3. The Morgan fingerprint density at radius 2 is 2.00 bits per heavy atom. The van der Waals surface area contributed by atoms with Gasteiger partial charge in [0.25, 0.3) is 0 Å². The van der Waals surface area contributed by atoms with Gasteiger partial charge in [0, 0.05) is 25.7 Å². The molecule has 1 atom stereocenters. The number of carbonyl (C=O) groups is 1. The van der Waals surface area contributed by atoms with E-state index in [1.165, 1.54) is 19.3 Å². The number of fused-ring (bicyclic) bond motifs is 1. The molecule has 0 spiro atoms. The minimum Gasteiger partial charge on any atom is -0.399 e. The third-order valence-corrected chi connectivity index (χ3v) is 4.39. The van der Waals surface area contributed by atoms with Gasteiger partial charge in [0.05, 0.1) is 23.5 Å². The van der Waals surface area contributed by atoms with E-state index in [0.29, 0.717) is 30.0 Å². The summed E-state index contributed by atoms with van der Waals surface area (Å²) < 4.78 is 40.9. The van der Waals surface area contributed by atoms with Crippen molar-refractivity contribution in [3.05, 3.63) is 47.9 Å². The predicted octanol–water partition coefficient (Wildman–Crippen LogP) is 3.05. The Labute approximate surface area is 170 Å². The summed E-state index contributed by atoms with van der Waals surface area (Å²) in [4.78, 5) is 15.1. The van der Waals surface area contributed by atoms with Gasteiger partial charge in [-0.25, -0.2) is 9.50 Å². The summed E-state index contributed by atoms with van der Waals surface area (Å²) in [6.07, 6.45) is -1.38. The van der Waals surface area contributed by atoms with Crippen molar-refractivity contribution in [3.63, 3.8) is 0 Å². The molecule has 2 heterocycles. The molecular weight excluding hydrogens is 399 g/mol. The number of nitrogen functional groups attached to an aromatic ring is 1. The first kappa shape index (κ1) is 21.2. The molecule has 0 saturated carbocycles. The monoisotopic (exact) mass is 421 g/mol.